The normalized spacial score (nSPS) is 13.6. The van der Waals surface area contributed by atoms with E-state index in [1.165, 1.54) is 11.0 Å². The van der Waals surface area contributed by atoms with E-state index in [1.54, 1.807) is 19.2 Å². The number of anilines is 1. The van der Waals surface area contributed by atoms with Crippen molar-refractivity contribution in [3.8, 4) is 0 Å². The first-order valence-corrected chi connectivity index (χ1v) is 8.90. The van der Waals surface area contributed by atoms with E-state index < -0.39 is 0 Å². The lowest BCUT2D eigenvalue weighted by atomic mass is 10.1. The van der Waals surface area contributed by atoms with Crippen LogP contribution in [-0.4, -0.2) is 48.8 Å². The summed E-state index contributed by atoms with van der Waals surface area (Å²) >= 11 is 0. The average Bonchev–Trinajstić information content (AvgIpc) is 3.08. The molecule has 1 aliphatic rings. The van der Waals surface area contributed by atoms with Crippen molar-refractivity contribution < 1.29 is 23.9 Å². The van der Waals surface area contributed by atoms with E-state index >= 15 is 0 Å². The molecule has 0 aliphatic heterocycles. The average molecular weight is 379 g/mol. The SMILES string of the molecule is Cc1ccc(NCN(C)C(=O)C2=C(CC(=O)NOCCO)CCC2)c(F)c1. The largest absolute Gasteiger partial charge is 0.394 e. The minimum Gasteiger partial charge on any atom is -0.394 e. The summed E-state index contributed by atoms with van der Waals surface area (Å²) in [4.78, 5) is 30.8. The molecule has 0 saturated heterocycles. The summed E-state index contributed by atoms with van der Waals surface area (Å²) in [6.45, 7) is 1.79. The Morgan fingerprint density at radius 1 is 1.33 bits per heavy atom. The van der Waals surface area contributed by atoms with E-state index in [1.807, 2.05) is 6.92 Å². The van der Waals surface area contributed by atoms with Crippen LogP contribution in [0.3, 0.4) is 0 Å². The zero-order valence-electron chi connectivity index (χ0n) is 15.7. The zero-order chi connectivity index (χ0) is 19.8. The molecular formula is C19H26FN3O4. The van der Waals surface area contributed by atoms with Gasteiger partial charge in [-0.3, -0.25) is 14.4 Å². The summed E-state index contributed by atoms with van der Waals surface area (Å²) in [5.41, 5.74) is 4.82. The third-order valence-corrected chi connectivity index (χ3v) is 4.32. The number of aryl methyl sites for hydroxylation is 1. The van der Waals surface area contributed by atoms with Crippen molar-refractivity contribution in [1.82, 2.24) is 10.4 Å². The Labute approximate surface area is 158 Å². The highest BCUT2D eigenvalue weighted by Gasteiger charge is 2.24. The number of nitrogens with one attached hydrogen (secondary N) is 2. The van der Waals surface area contributed by atoms with E-state index in [0.29, 0.717) is 24.1 Å². The number of hydrogen-bond donors (Lipinski definition) is 3. The molecule has 27 heavy (non-hydrogen) atoms. The molecule has 0 radical (unpaired) electrons. The number of nitrogens with zero attached hydrogens (tertiary/aromatic N) is 1. The van der Waals surface area contributed by atoms with Crippen LogP contribution in [0.1, 0.15) is 31.2 Å². The Morgan fingerprint density at radius 3 is 2.81 bits per heavy atom. The fraction of sp³-hybridized carbons (Fsp3) is 0.474. The maximum Gasteiger partial charge on any atom is 0.250 e. The smallest absolute Gasteiger partial charge is 0.250 e. The fourth-order valence-electron chi connectivity index (χ4n) is 2.94. The summed E-state index contributed by atoms with van der Waals surface area (Å²) < 4.78 is 13.9. The van der Waals surface area contributed by atoms with E-state index in [4.69, 9.17) is 9.94 Å². The van der Waals surface area contributed by atoms with Gasteiger partial charge in [0.1, 0.15) is 5.82 Å². The lowest BCUT2D eigenvalue weighted by molar-refractivity contribution is -0.133. The van der Waals surface area contributed by atoms with Gasteiger partial charge < -0.3 is 15.3 Å². The first-order chi connectivity index (χ1) is 12.9. The summed E-state index contributed by atoms with van der Waals surface area (Å²) in [6.07, 6.45) is 2.19. The van der Waals surface area contributed by atoms with Gasteiger partial charge in [0.2, 0.25) is 5.91 Å². The highest BCUT2D eigenvalue weighted by atomic mass is 19.1. The van der Waals surface area contributed by atoms with Crippen LogP contribution in [0, 0.1) is 12.7 Å². The predicted molar refractivity (Wildman–Crippen MR) is 99.1 cm³/mol. The first kappa shape index (κ1) is 20.9. The van der Waals surface area contributed by atoms with Crippen molar-refractivity contribution in [3.05, 3.63) is 40.7 Å². The number of benzene rings is 1. The van der Waals surface area contributed by atoms with E-state index in [0.717, 1.165) is 17.6 Å². The third-order valence-electron chi connectivity index (χ3n) is 4.32. The number of carbonyl (C=O) groups is 2. The standard InChI is InChI=1S/C19H26FN3O4/c1-13-6-7-17(16(20)10-13)21-12-23(2)19(26)15-5-3-4-14(15)11-18(25)22-27-9-8-24/h6-7,10,21,24H,3-5,8-9,11-12H2,1-2H3,(H,22,25). The molecule has 0 saturated carbocycles. The van der Waals surface area contributed by atoms with Gasteiger partial charge in [-0.05, 0) is 43.9 Å². The van der Waals surface area contributed by atoms with Gasteiger partial charge in [-0.15, -0.1) is 0 Å². The molecule has 1 aliphatic carbocycles. The Hall–Kier alpha value is -2.45. The van der Waals surface area contributed by atoms with Crippen molar-refractivity contribution in [1.29, 1.82) is 0 Å². The lowest BCUT2D eigenvalue weighted by Gasteiger charge is -2.20. The molecule has 0 spiro atoms. The van der Waals surface area contributed by atoms with Crippen molar-refractivity contribution in [2.75, 3.05) is 32.2 Å². The predicted octanol–water partition coefficient (Wildman–Crippen LogP) is 1.87. The second-order valence-corrected chi connectivity index (χ2v) is 6.53. The first-order valence-electron chi connectivity index (χ1n) is 8.90. The molecular weight excluding hydrogens is 353 g/mol. The fourth-order valence-corrected chi connectivity index (χ4v) is 2.94. The number of aliphatic hydroxyl groups excluding tert-OH is 1. The van der Waals surface area contributed by atoms with Gasteiger partial charge in [-0.25, -0.2) is 9.87 Å². The molecule has 1 aromatic rings. The van der Waals surface area contributed by atoms with Gasteiger partial charge >= 0.3 is 0 Å². The van der Waals surface area contributed by atoms with Gasteiger partial charge in [0.05, 0.1) is 32.0 Å². The number of rotatable bonds is 9. The molecule has 2 rings (SSSR count). The number of carbonyl (C=O) groups excluding carboxylic acids is 2. The molecule has 0 atom stereocenters. The van der Waals surface area contributed by atoms with Gasteiger partial charge in [0.25, 0.3) is 5.91 Å². The molecule has 0 aromatic heterocycles. The summed E-state index contributed by atoms with van der Waals surface area (Å²) in [5.74, 6) is -0.893. The van der Waals surface area contributed by atoms with Crippen LogP contribution in [0.4, 0.5) is 10.1 Å². The number of hydroxylamine groups is 1. The molecule has 8 heteroatoms. The number of halogens is 1. The lowest BCUT2D eigenvalue weighted by Crippen LogP contribution is -2.33. The Balaban J connectivity index is 1.94. The molecule has 1 aromatic carbocycles. The third kappa shape index (κ3) is 6.04. The van der Waals surface area contributed by atoms with Crippen molar-refractivity contribution in [2.45, 2.75) is 32.6 Å². The second kappa shape index (κ2) is 10.0. The van der Waals surface area contributed by atoms with Crippen LogP contribution in [0.2, 0.25) is 0 Å². The number of amides is 2. The van der Waals surface area contributed by atoms with Gasteiger partial charge in [0, 0.05) is 12.6 Å². The molecule has 0 unspecified atom stereocenters. The molecule has 3 N–H and O–H groups in total. The van der Waals surface area contributed by atoms with Gasteiger partial charge in [0.15, 0.2) is 0 Å². The Morgan fingerprint density at radius 2 is 2.11 bits per heavy atom. The number of aliphatic hydroxyl groups is 1. The van der Waals surface area contributed by atoms with Gasteiger partial charge in [-0.1, -0.05) is 11.6 Å². The van der Waals surface area contributed by atoms with Crippen LogP contribution in [0.5, 0.6) is 0 Å². The van der Waals surface area contributed by atoms with Crippen LogP contribution in [-0.2, 0) is 14.4 Å². The topological polar surface area (TPSA) is 90.9 Å². The monoisotopic (exact) mass is 379 g/mol. The molecule has 0 fully saturated rings. The van der Waals surface area contributed by atoms with Gasteiger partial charge in [-0.2, -0.15) is 0 Å². The summed E-state index contributed by atoms with van der Waals surface area (Å²) in [6, 6.07) is 4.86. The highest BCUT2D eigenvalue weighted by molar-refractivity contribution is 5.95. The van der Waals surface area contributed by atoms with E-state index in [2.05, 4.69) is 10.8 Å². The highest BCUT2D eigenvalue weighted by Crippen LogP contribution is 2.29. The molecule has 0 bridgehead atoms. The molecule has 148 valence electrons. The second-order valence-electron chi connectivity index (χ2n) is 6.53. The number of hydrogen-bond acceptors (Lipinski definition) is 5. The minimum absolute atomic E-state index is 0.0144. The van der Waals surface area contributed by atoms with Crippen LogP contribution < -0.4 is 10.8 Å². The van der Waals surface area contributed by atoms with Crippen molar-refractivity contribution in [3.63, 3.8) is 0 Å². The molecule has 0 heterocycles. The van der Waals surface area contributed by atoms with E-state index in [9.17, 15) is 14.0 Å². The Bertz CT molecular complexity index is 721. The van der Waals surface area contributed by atoms with Crippen LogP contribution >= 0.6 is 0 Å². The molecule has 2 amide bonds. The maximum atomic E-state index is 13.9. The minimum atomic E-state index is -0.365. The maximum absolute atomic E-state index is 13.9. The molecule has 7 nitrogen and oxygen atoms in total. The van der Waals surface area contributed by atoms with Crippen molar-refractivity contribution in [2.24, 2.45) is 0 Å². The van der Waals surface area contributed by atoms with Crippen LogP contribution in [0.25, 0.3) is 0 Å². The van der Waals surface area contributed by atoms with E-state index in [-0.39, 0.29) is 43.9 Å². The summed E-state index contributed by atoms with van der Waals surface area (Å²) in [7, 11) is 1.63. The van der Waals surface area contributed by atoms with Crippen molar-refractivity contribution >= 4 is 17.5 Å². The summed E-state index contributed by atoms with van der Waals surface area (Å²) in [5, 5.41) is 11.6. The zero-order valence-corrected chi connectivity index (χ0v) is 15.7. The number of likely N-dealkylation sites (N-methyl/N-ethyl adjacent to an activating group) is 1. The Kier molecular flexibility index (Phi) is 7.75. The quantitative estimate of drug-likeness (QED) is 0.346. The van der Waals surface area contributed by atoms with Crippen LogP contribution in [0.15, 0.2) is 29.3 Å².